The molecule has 0 bridgehead atoms. The topological polar surface area (TPSA) is 271 Å². The first-order valence-corrected chi connectivity index (χ1v) is 17.8. The Hall–Kier alpha value is -2.09. The van der Waals surface area contributed by atoms with Crippen LogP contribution >= 0.6 is 12.0 Å². The number of hydrogen-bond donors (Lipinski definition) is 2. The third-order valence-electron chi connectivity index (χ3n) is 6.66. The van der Waals surface area contributed by atoms with E-state index in [-0.39, 0.29) is 124 Å². The van der Waals surface area contributed by atoms with Gasteiger partial charge >= 0.3 is 75.4 Å². The van der Waals surface area contributed by atoms with Gasteiger partial charge in [0, 0.05) is 27.4 Å². The number of carbonyl (C=O) groups is 2. The first-order valence-electron chi connectivity index (χ1n) is 12.8. The largest absolute Gasteiger partial charge is 1.00 e. The minimum atomic E-state index is -5.19. The number of nitrogens with one attached hydrogen (secondary N) is 2. The molecule has 0 unspecified atom stereocenters. The molecular formula is C28H16Li4N2O14S4. The van der Waals surface area contributed by atoms with E-state index >= 15 is 0 Å². The average molecular weight is 760 g/mol. The molecule has 24 heteroatoms. The third kappa shape index (κ3) is 11.5. The summed E-state index contributed by atoms with van der Waals surface area (Å²) in [5.74, 6) is -1.45. The quantitative estimate of drug-likeness (QED) is 0.0440. The SMILES string of the molecule is O=C(Nc1ccc2c(S(=O)(=O)[O-])cc(SOO[O-])cc2c1)c1cccc(C(=O)Nc2ccc3c(S(=O)(=O)[O-])cc(S(=O)(=O)[O-])cc3c2)c1.[Li+].[Li+].[Li+].[Li+]. The monoisotopic (exact) mass is 760 g/mol. The van der Waals surface area contributed by atoms with E-state index < -0.39 is 56.9 Å². The molecule has 250 valence electrons. The standard InChI is InChI=1S/C28H20N2O14S4.4Li/c31-27(29-19-4-6-23-17(9-19)11-21(45-44-43-33)13-25(23)47(37,38)39)15-2-1-3-16(8-15)28(32)30-20-5-7-24-18(10-20)12-22(46(34,35)36)14-26(24)48(40,41)42;;;;/h1-14,33H,(H,29,31)(H,30,32)(H,34,35,36)(H,37,38,39)(H,40,41,42);;;;/q;4*+1/p-4. The van der Waals surface area contributed by atoms with Crippen molar-refractivity contribution in [3.8, 4) is 0 Å². The fourth-order valence-corrected chi connectivity index (χ4v) is 7.22. The zero-order chi connectivity index (χ0) is 35.0. The summed E-state index contributed by atoms with van der Waals surface area (Å²) in [6.45, 7) is 0. The van der Waals surface area contributed by atoms with Crippen molar-refractivity contribution in [1.29, 1.82) is 0 Å². The summed E-state index contributed by atoms with van der Waals surface area (Å²) in [6, 6.07) is 16.6. The predicted molar refractivity (Wildman–Crippen MR) is 162 cm³/mol. The summed E-state index contributed by atoms with van der Waals surface area (Å²) in [7, 11) is -15.3. The van der Waals surface area contributed by atoms with E-state index in [0.717, 1.165) is 24.3 Å². The third-order valence-corrected chi connectivity index (χ3v) is 9.78. The smallest absolute Gasteiger partial charge is 0.744 e. The minimum absolute atomic E-state index is 0. The average Bonchev–Trinajstić information content (AvgIpc) is 3.01. The minimum Gasteiger partial charge on any atom is -0.744 e. The van der Waals surface area contributed by atoms with Crippen molar-refractivity contribution in [1.82, 2.24) is 0 Å². The zero-order valence-corrected chi connectivity index (χ0v) is 30.7. The van der Waals surface area contributed by atoms with Crippen LogP contribution in [0.2, 0.25) is 0 Å². The maximum Gasteiger partial charge on any atom is 1.00 e. The second-order valence-corrected chi connectivity index (χ2v) is 14.6. The molecule has 0 aromatic heterocycles. The van der Waals surface area contributed by atoms with Gasteiger partial charge in [-0.25, -0.2) is 25.3 Å². The molecule has 0 aliphatic rings. The second-order valence-electron chi connectivity index (χ2n) is 9.79. The van der Waals surface area contributed by atoms with E-state index in [4.69, 9.17) is 0 Å². The van der Waals surface area contributed by atoms with Crippen LogP contribution in [0, 0.1) is 0 Å². The van der Waals surface area contributed by atoms with Crippen LogP contribution in [-0.4, -0.2) is 50.7 Å². The molecule has 5 aromatic carbocycles. The molecule has 0 fully saturated rings. The van der Waals surface area contributed by atoms with Crippen LogP contribution in [0.3, 0.4) is 0 Å². The Balaban J connectivity index is 0.00000338. The molecule has 0 radical (unpaired) electrons. The van der Waals surface area contributed by atoms with Crippen LogP contribution in [0.1, 0.15) is 20.7 Å². The maximum absolute atomic E-state index is 13.1. The van der Waals surface area contributed by atoms with Crippen molar-refractivity contribution in [2.24, 2.45) is 0 Å². The molecule has 0 atom stereocenters. The zero-order valence-electron chi connectivity index (χ0n) is 27.4. The number of amides is 2. The van der Waals surface area contributed by atoms with Crippen molar-refractivity contribution in [3.63, 3.8) is 0 Å². The van der Waals surface area contributed by atoms with Gasteiger partial charge < -0.3 is 29.5 Å². The number of rotatable bonds is 10. The normalized spacial score (nSPS) is 11.3. The van der Waals surface area contributed by atoms with Crippen molar-refractivity contribution < 1.29 is 139 Å². The summed E-state index contributed by atoms with van der Waals surface area (Å²) in [4.78, 5) is 23.7. The molecule has 16 nitrogen and oxygen atoms in total. The Bertz CT molecular complexity index is 2490. The Morgan fingerprint density at radius 2 is 1.04 bits per heavy atom. The van der Waals surface area contributed by atoms with E-state index in [0.29, 0.717) is 18.1 Å². The first kappa shape index (κ1) is 47.9. The number of carbonyl (C=O) groups excluding carboxylic acids is 2. The van der Waals surface area contributed by atoms with Crippen LogP contribution in [0.15, 0.2) is 105 Å². The summed E-state index contributed by atoms with van der Waals surface area (Å²) in [5.41, 5.74) is 0.171. The Labute approximate surface area is 348 Å². The number of hydrogen-bond acceptors (Lipinski definition) is 15. The molecule has 0 aliphatic carbocycles. The van der Waals surface area contributed by atoms with Gasteiger partial charge in [-0.1, -0.05) is 18.2 Å². The molecule has 5 aromatic rings. The van der Waals surface area contributed by atoms with E-state index in [2.05, 4.69) is 20.0 Å². The van der Waals surface area contributed by atoms with Crippen LogP contribution in [0.25, 0.3) is 21.5 Å². The first-order chi connectivity index (χ1) is 22.4. The van der Waals surface area contributed by atoms with E-state index in [1.165, 1.54) is 54.6 Å². The summed E-state index contributed by atoms with van der Waals surface area (Å²) in [5, 5.41) is 18.4. The molecule has 2 N–H and O–H groups in total. The van der Waals surface area contributed by atoms with Gasteiger partial charge in [-0.15, -0.1) is 0 Å². The van der Waals surface area contributed by atoms with Crippen LogP contribution in [0.4, 0.5) is 11.4 Å². The molecule has 5 rings (SSSR count). The molecule has 52 heavy (non-hydrogen) atoms. The van der Waals surface area contributed by atoms with Gasteiger partial charge in [0.1, 0.15) is 30.4 Å². The molecule has 0 saturated heterocycles. The van der Waals surface area contributed by atoms with E-state index in [1.54, 1.807) is 0 Å². The molecule has 0 spiro atoms. The second kappa shape index (κ2) is 19.0. The van der Waals surface area contributed by atoms with Gasteiger partial charge in [0.25, 0.3) is 11.8 Å². The fourth-order valence-electron chi connectivity index (χ4n) is 4.64. The van der Waals surface area contributed by atoms with Crippen molar-refractivity contribution in [2.45, 2.75) is 19.6 Å². The molecule has 2 amide bonds. The van der Waals surface area contributed by atoms with Gasteiger partial charge in [-0.3, -0.25) is 14.6 Å². The predicted octanol–water partition coefficient (Wildman–Crippen LogP) is -9.54. The molecule has 0 aliphatic heterocycles. The van der Waals surface area contributed by atoms with Crippen LogP contribution in [-0.2, 0) is 39.7 Å². The number of anilines is 2. The van der Waals surface area contributed by atoms with Gasteiger partial charge in [0.15, 0.2) is 0 Å². The number of benzene rings is 5. The van der Waals surface area contributed by atoms with Gasteiger partial charge in [0.2, 0.25) is 0 Å². The van der Waals surface area contributed by atoms with Crippen molar-refractivity contribution in [2.75, 3.05) is 10.6 Å². The summed E-state index contributed by atoms with van der Waals surface area (Å²) >= 11 is 0.354. The Morgan fingerprint density at radius 1 is 0.577 bits per heavy atom. The van der Waals surface area contributed by atoms with Crippen LogP contribution < -0.4 is 91.3 Å². The van der Waals surface area contributed by atoms with Crippen LogP contribution in [0.5, 0.6) is 0 Å². The Kier molecular flexibility index (Phi) is 17.5. The summed E-state index contributed by atoms with van der Waals surface area (Å²) < 4.78 is 109. The number of fused-ring (bicyclic) bond motifs is 2. The van der Waals surface area contributed by atoms with Gasteiger partial charge in [0.05, 0.1) is 26.7 Å². The Morgan fingerprint density at radius 3 is 1.48 bits per heavy atom. The molecule has 0 heterocycles. The fraction of sp³-hybridized carbons (Fsp3) is 0. The van der Waals surface area contributed by atoms with Gasteiger partial charge in [-0.05, 0) is 88.3 Å². The maximum atomic E-state index is 13.1. The van der Waals surface area contributed by atoms with E-state index in [9.17, 15) is 53.8 Å². The molecule has 0 saturated carbocycles. The summed E-state index contributed by atoms with van der Waals surface area (Å²) in [6.07, 6.45) is 0. The van der Waals surface area contributed by atoms with E-state index in [1.807, 2.05) is 0 Å². The van der Waals surface area contributed by atoms with Gasteiger partial charge in [-0.2, -0.15) is 4.33 Å². The van der Waals surface area contributed by atoms with Crippen molar-refractivity contribution >= 4 is 87.1 Å². The molecular weight excluding hydrogens is 744 g/mol. The van der Waals surface area contributed by atoms with Crippen molar-refractivity contribution in [3.05, 3.63) is 96.1 Å².